The lowest BCUT2D eigenvalue weighted by molar-refractivity contribution is -0.127. The number of hydrogen-bond acceptors (Lipinski definition) is 3. The first-order chi connectivity index (χ1) is 15.7. The zero-order valence-electron chi connectivity index (χ0n) is 17.5. The van der Waals surface area contributed by atoms with Crippen LogP contribution >= 0.6 is 23.2 Å². The third kappa shape index (κ3) is 3.21. The zero-order valence-corrected chi connectivity index (χ0v) is 19.0. The monoisotopic (exact) mass is 493 g/mol. The summed E-state index contributed by atoms with van der Waals surface area (Å²) in [7, 11) is 1.54. The van der Waals surface area contributed by atoms with Gasteiger partial charge >= 0.3 is 0 Å². The molecule has 1 heterocycles. The normalized spacial score (nSPS) is 27.4. The third-order valence-corrected chi connectivity index (χ3v) is 7.40. The summed E-state index contributed by atoms with van der Waals surface area (Å²) >= 11 is 12.6. The summed E-state index contributed by atoms with van der Waals surface area (Å²) in [6.45, 7) is 0. The number of nitrogens with zero attached hydrogens (tertiary/aromatic N) is 1. The Hall–Kier alpha value is -2.48. The van der Waals surface area contributed by atoms with Gasteiger partial charge in [0.2, 0.25) is 0 Å². The van der Waals surface area contributed by atoms with E-state index >= 15 is 0 Å². The summed E-state index contributed by atoms with van der Waals surface area (Å²) in [5.74, 6) is -1.23. The Balaban J connectivity index is 1.60. The lowest BCUT2D eigenvalue weighted by Gasteiger charge is -2.34. The van der Waals surface area contributed by atoms with Crippen LogP contribution in [0.2, 0.25) is 0 Å². The Bertz CT molecular complexity index is 1200. The lowest BCUT2D eigenvalue weighted by atomic mass is 9.71. The molecule has 2 aromatic rings. The number of anilines is 1. The fraction of sp³-hybridized carbons (Fsp3) is 0.292. The van der Waals surface area contributed by atoms with Crippen LogP contribution in [0, 0.1) is 5.82 Å². The number of rotatable bonds is 4. The number of allylic oxidation sites excluding steroid dienone is 1. The van der Waals surface area contributed by atoms with Crippen molar-refractivity contribution in [2.45, 2.75) is 36.1 Å². The van der Waals surface area contributed by atoms with Gasteiger partial charge in [-0.1, -0.05) is 47.5 Å². The van der Waals surface area contributed by atoms with Crippen LogP contribution in [0.4, 0.5) is 18.9 Å². The molecule has 1 aliphatic heterocycles. The number of carbonyl (C=O) groups excluding carboxylic acids is 1. The number of hydrogen-bond donors (Lipinski definition) is 2. The number of carbonyl (C=O) groups is 1. The third-order valence-electron chi connectivity index (χ3n) is 6.95. The molecule has 2 N–H and O–H groups in total. The molecule has 3 atom stereocenters. The van der Waals surface area contributed by atoms with E-state index in [1.165, 1.54) is 23.3 Å². The second kappa shape index (κ2) is 7.79. The molecule has 2 aromatic carbocycles. The van der Waals surface area contributed by atoms with Crippen LogP contribution in [0.15, 0.2) is 64.8 Å². The average Bonchev–Trinajstić information content (AvgIpc) is 3.46. The van der Waals surface area contributed by atoms with Crippen molar-refractivity contribution in [3.05, 3.63) is 87.3 Å². The van der Waals surface area contributed by atoms with Gasteiger partial charge in [-0.25, -0.2) is 18.6 Å². The van der Waals surface area contributed by atoms with Crippen LogP contribution in [-0.2, 0) is 10.2 Å². The van der Waals surface area contributed by atoms with Crippen LogP contribution in [0.5, 0.6) is 0 Å². The largest absolute Gasteiger partial charge is 0.324 e. The molecular weight excluding hydrogens is 474 g/mol. The van der Waals surface area contributed by atoms with Gasteiger partial charge in [0.25, 0.3) is 12.3 Å². The van der Waals surface area contributed by atoms with E-state index in [1.807, 2.05) is 6.07 Å². The first kappa shape index (κ1) is 22.3. The Morgan fingerprint density at radius 2 is 1.94 bits per heavy atom. The van der Waals surface area contributed by atoms with E-state index in [0.717, 1.165) is 28.3 Å². The predicted molar refractivity (Wildman–Crippen MR) is 122 cm³/mol. The molecule has 0 saturated heterocycles. The van der Waals surface area contributed by atoms with E-state index < -0.39 is 23.3 Å². The molecular formula is C24H20Cl2F3N3O. The van der Waals surface area contributed by atoms with Gasteiger partial charge in [-0.2, -0.15) is 0 Å². The SMILES string of the molecule is CN1C=CC(C(=O)Nc2cccc3c2[C@@H]2CC(=C(Cl)Cl)[C@@]3(c3ccc(F)cc3)C2)(C(F)F)N1. The molecule has 1 amide bonds. The lowest BCUT2D eigenvalue weighted by Crippen LogP contribution is -2.58. The Morgan fingerprint density at radius 1 is 1.21 bits per heavy atom. The smallest absolute Gasteiger partial charge is 0.270 e. The molecule has 1 saturated carbocycles. The van der Waals surface area contributed by atoms with Crippen molar-refractivity contribution in [3.63, 3.8) is 0 Å². The Kier molecular flexibility index (Phi) is 5.27. The predicted octanol–water partition coefficient (Wildman–Crippen LogP) is 5.60. The second-order valence-electron chi connectivity index (χ2n) is 8.69. The van der Waals surface area contributed by atoms with E-state index in [4.69, 9.17) is 23.2 Å². The molecule has 3 aliphatic rings. The van der Waals surface area contributed by atoms with Crippen LogP contribution in [-0.4, -0.2) is 29.9 Å². The fourth-order valence-corrected chi connectivity index (χ4v) is 6.01. The minimum absolute atomic E-state index is 0.0266. The number of hydrazine groups is 1. The van der Waals surface area contributed by atoms with Crippen LogP contribution < -0.4 is 10.7 Å². The molecule has 1 fully saturated rings. The summed E-state index contributed by atoms with van der Waals surface area (Å²) in [5, 5.41) is 4.06. The number of amides is 1. The molecule has 2 bridgehead atoms. The van der Waals surface area contributed by atoms with Crippen molar-refractivity contribution < 1.29 is 18.0 Å². The minimum atomic E-state index is -2.96. The van der Waals surface area contributed by atoms with Crippen molar-refractivity contribution in [1.29, 1.82) is 0 Å². The van der Waals surface area contributed by atoms with Gasteiger partial charge in [-0.3, -0.25) is 4.79 Å². The van der Waals surface area contributed by atoms with Gasteiger partial charge in [-0.15, -0.1) is 0 Å². The second-order valence-corrected chi connectivity index (χ2v) is 9.63. The maximum absolute atomic E-state index is 13.9. The highest BCUT2D eigenvalue weighted by atomic mass is 35.5. The first-order valence-corrected chi connectivity index (χ1v) is 11.2. The molecule has 0 spiro atoms. The molecule has 0 aromatic heterocycles. The Labute approximate surface area is 199 Å². The van der Waals surface area contributed by atoms with Crippen LogP contribution in [0.1, 0.15) is 35.4 Å². The number of halogens is 5. The van der Waals surface area contributed by atoms with Crippen molar-refractivity contribution in [2.24, 2.45) is 0 Å². The van der Waals surface area contributed by atoms with Gasteiger partial charge < -0.3 is 10.3 Å². The molecule has 5 rings (SSSR count). The van der Waals surface area contributed by atoms with Gasteiger partial charge in [0.05, 0.1) is 0 Å². The standard InChI is InChI=1S/C24H20Cl2F3N3O/c1-32-10-9-24(31-32,21(28)29)22(33)30-18-4-2-3-16-19(18)13-11-17(20(25)26)23(16,12-13)14-5-7-15(27)8-6-14/h2-10,13,21,31H,11-12H2,1H3,(H,30,33)/t13-,23-,24?/m1/s1. The highest BCUT2D eigenvalue weighted by molar-refractivity contribution is 6.56. The van der Waals surface area contributed by atoms with Gasteiger partial charge in [0, 0.05) is 24.4 Å². The van der Waals surface area contributed by atoms with Crippen molar-refractivity contribution >= 4 is 34.8 Å². The van der Waals surface area contributed by atoms with E-state index in [2.05, 4.69) is 10.7 Å². The minimum Gasteiger partial charge on any atom is -0.324 e. The van der Waals surface area contributed by atoms with Crippen LogP contribution in [0.3, 0.4) is 0 Å². The Morgan fingerprint density at radius 3 is 2.55 bits per heavy atom. The molecule has 0 radical (unpaired) electrons. The number of benzene rings is 2. The highest BCUT2D eigenvalue weighted by Crippen LogP contribution is 2.65. The highest BCUT2D eigenvalue weighted by Gasteiger charge is 2.56. The van der Waals surface area contributed by atoms with Gasteiger partial charge in [0.1, 0.15) is 10.3 Å². The van der Waals surface area contributed by atoms with Crippen molar-refractivity contribution in [1.82, 2.24) is 10.4 Å². The molecule has 9 heteroatoms. The molecule has 2 aliphatic carbocycles. The summed E-state index contributed by atoms with van der Waals surface area (Å²) in [5.41, 5.74) is 3.61. The molecule has 1 unspecified atom stereocenters. The van der Waals surface area contributed by atoms with E-state index in [-0.39, 0.29) is 16.2 Å². The summed E-state index contributed by atoms with van der Waals surface area (Å²) in [6, 6.07) is 11.6. The van der Waals surface area contributed by atoms with E-state index in [0.29, 0.717) is 18.5 Å². The molecule has 33 heavy (non-hydrogen) atoms. The average molecular weight is 494 g/mol. The number of nitrogens with one attached hydrogen (secondary N) is 2. The number of fused-ring (bicyclic) bond motifs is 5. The van der Waals surface area contributed by atoms with E-state index in [9.17, 15) is 18.0 Å². The summed E-state index contributed by atoms with van der Waals surface area (Å²) in [4.78, 5) is 13.1. The summed E-state index contributed by atoms with van der Waals surface area (Å²) < 4.78 is 41.7. The topological polar surface area (TPSA) is 44.4 Å². The quantitative estimate of drug-likeness (QED) is 0.582. The zero-order chi connectivity index (χ0) is 23.5. The van der Waals surface area contributed by atoms with Crippen LogP contribution in [0.25, 0.3) is 0 Å². The molecule has 4 nitrogen and oxygen atoms in total. The van der Waals surface area contributed by atoms with Gasteiger partial charge in [0.15, 0.2) is 5.54 Å². The van der Waals surface area contributed by atoms with Gasteiger partial charge in [-0.05, 0) is 65.3 Å². The fourth-order valence-electron chi connectivity index (χ4n) is 5.54. The van der Waals surface area contributed by atoms with E-state index in [1.54, 1.807) is 31.3 Å². The van der Waals surface area contributed by atoms with Crippen molar-refractivity contribution in [2.75, 3.05) is 12.4 Å². The van der Waals surface area contributed by atoms with Crippen molar-refractivity contribution in [3.8, 4) is 0 Å². The number of alkyl halides is 2. The first-order valence-electron chi connectivity index (χ1n) is 10.4. The maximum Gasteiger partial charge on any atom is 0.270 e. The maximum atomic E-state index is 13.9. The molecule has 172 valence electrons. The summed E-state index contributed by atoms with van der Waals surface area (Å²) in [6.07, 6.45) is 0.797.